The summed E-state index contributed by atoms with van der Waals surface area (Å²) in [5.41, 5.74) is 8.46. The van der Waals surface area contributed by atoms with Gasteiger partial charge >= 0.3 is 0 Å². The molecule has 1 heterocycles. The molecule has 0 amide bonds. The monoisotopic (exact) mass is 324 g/mol. The summed E-state index contributed by atoms with van der Waals surface area (Å²) in [5, 5.41) is 10.7. The van der Waals surface area contributed by atoms with Crippen molar-refractivity contribution in [1.29, 1.82) is 0 Å². The highest BCUT2D eigenvalue weighted by atomic mass is 16.6. The molecule has 2 N–H and O–H groups in total. The number of nitrogens with two attached hydrogens (primary N) is 1. The Labute approximate surface area is 138 Å². The Morgan fingerprint density at radius 2 is 1.92 bits per heavy atom. The normalized spacial score (nSPS) is 10.5. The van der Waals surface area contributed by atoms with Crippen LogP contribution >= 0.6 is 0 Å². The minimum Gasteiger partial charge on any atom is -0.496 e. The maximum atomic E-state index is 10.7. The third-order valence-electron chi connectivity index (χ3n) is 3.71. The summed E-state index contributed by atoms with van der Waals surface area (Å²) in [5.74, 6) is 1.15. The lowest BCUT2D eigenvalue weighted by Gasteiger charge is -2.09. The lowest BCUT2D eigenvalue weighted by atomic mass is 10.1. The molecule has 0 saturated carbocycles. The molecule has 3 aromatic rings. The summed E-state index contributed by atoms with van der Waals surface area (Å²) in [6, 6.07) is 13.9. The fraction of sp³-hybridized carbons (Fsp3) is 0.118. The van der Waals surface area contributed by atoms with Crippen molar-refractivity contribution in [2.75, 3.05) is 12.8 Å². The summed E-state index contributed by atoms with van der Waals surface area (Å²) in [4.78, 5) is 14.6. The lowest BCUT2D eigenvalue weighted by molar-refractivity contribution is -0.384. The van der Waals surface area contributed by atoms with E-state index in [2.05, 4.69) is 4.98 Å². The Morgan fingerprint density at radius 1 is 1.21 bits per heavy atom. The molecular weight excluding hydrogens is 308 g/mol. The Morgan fingerprint density at radius 3 is 2.58 bits per heavy atom. The van der Waals surface area contributed by atoms with E-state index in [0.717, 1.165) is 16.9 Å². The van der Waals surface area contributed by atoms with Crippen LogP contribution in [0.1, 0.15) is 5.56 Å². The molecule has 0 atom stereocenters. The molecule has 0 radical (unpaired) electrons. The summed E-state index contributed by atoms with van der Waals surface area (Å²) >= 11 is 0. The van der Waals surface area contributed by atoms with Crippen LogP contribution in [0.2, 0.25) is 0 Å². The number of ether oxygens (including phenoxy) is 1. The first kappa shape index (κ1) is 15.5. The number of hydrogen-bond donors (Lipinski definition) is 1. The predicted molar refractivity (Wildman–Crippen MR) is 90.8 cm³/mol. The quantitative estimate of drug-likeness (QED) is 0.574. The Hall–Kier alpha value is -3.35. The van der Waals surface area contributed by atoms with Crippen molar-refractivity contribution in [1.82, 2.24) is 9.55 Å². The standard InChI is InChI=1S/C17H16N4O3/c1-24-16-5-3-2-4-13(16)10-20-11-15(19-17(20)18)12-6-8-14(9-7-12)21(22)23/h2-9,11H,10H2,1H3,(H2,18,19). The van der Waals surface area contributed by atoms with Crippen LogP contribution in [0.4, 0.5) is 11.6 Å². The second-order valence-corrected chi connectivity index (χ2v) is 5.23. The van der Waals surface area contributed by atoms with Crippen LogP contribution < -0.4 is 10.5 Å². The maximum absolute atomic E-state index is 10.7. The van der Waals surface area contributed by atoms with Gasteiger partial charge in [0.15, 0.2) is 0 Å². The molecule has 0 aliphatic carbocycles. The van der Waals surface area contributed by atoms with Crippen molar-refractivity contribution in [2.45, 2.75) is 6.54 Å². The van der Waals surface area contributed by atoms with Crippen molar-refractivity contribution in [2.24, 2.45) is 0 Å². The van der Waals surface area contributed by atoms with E-state index in [0.29, 0.717) is 18.2 Å². The van der Waals surface area contributed by atoms with Gasteiger partial charge < -0.3 is 15.0 Å². The zero-order valence-electron chi connectivity index (χ0n) is 13.0. The molecule has 0 aliphatic heterocycles. The third-order valence-corrected chi connectivity index (χ3v) is 3.71. The van der Waals surface area contributed by atoms with Crippen molar-refractivity contribution >= 4 is 11.6 Å². The van der Waals surface area contributed by atoms with E-state index in [9.17, 15) is 10.1 Å². The number of nitro groups is 1. The fourth-order valence-corrected chi connectivity index (χ4v) is 2.47. The van der Waals surface area contributed by atoms with Crippen molar-refractivity contribution in [3.05, 3.63) is 70.4 Å². The molecule has 0 unspecified atom stereocenters. The molecule has 1 aromatic heterocycles. The predicted octanol–water partition coefficient (Wildman–Crippen LogP) is 3.10. The largest absolute Gasteiger partial charge is 0.496 e. The number of imidazole rings is 1. The number of benzene rings is 2. The van der Waals surface area contributed by atoms with Crippen LogP contribution in [0, 0.1) is 10.1 Å². The summed E-state index contributed by atoms with van der Waals surface area (Å²) in [6.45, 7) is 0.524. The van der Waals surface area contributed by atoms with E-state index >= 15 is 0 Å². The number of nitro benzene ring substituents is 1. The van der Waals surface area contributed by atoms with Crippen LogP contribution in [0.5, 0.6) is 5.75 Å². The molecule has 7 heteroatoms. The molecule has 0 aliphatic rings. The average Bonchev–Trinajstić information content (AvgIpc) is 2.96. The number of methoxy groups -OCH3 is 1. The van der Waals surface area contributed by atoms with Gasteiger partial charge in [0.1, 0.15) is 5.75 Å². The molecule has 0 spiro atoms. The third kappa shape index (κ3) is 3.05. The minimum absolute atomic E-state index is 0.0418. The molecule has 3 rings (SSSR count). The van der Waals surface area contributed by atoms with Gasteiger partial charge in [0.2, 0.25) is 5.95 Å². The topological polar surface area (TPSA) is 96.2 Å². The van der Waals surface area contributed by atoms with Gasteiger partial charge in [-0.25, -0.2) is 4.98 Å². The van der Waals surface area contributed by atoms with Gasteiger partial charge in [-0.05, 0) is 18.2 Å². The molecule has 24 heavy (non-hydrogen) atoms. The van der Waals surface area contributed by atoms with Gasteiger partial charge in [-0.1, -0.05) is 18.2 Å². The van der Waals surface area contributed by atoms with E-state index in [1.54, 1.807) is 19.2 Å². The van der Waals surface area contributed by atoms with E-state index in [4.69, 9.17) is 10.5 Å². The minimum atomic E-state index is -0.432. The van der Waals surface area contributed by atoms with Crippen LogP contribution in [0.25, 0.3) is 11.3 Å². The van der Waals surface area contributed by atoms with E-state index in [-0.39, 0.29) is 5.69 Å². The van der Waals surface area contributed by atoms with Gasteiger partial charge in [-0.15, -0.1) is 0 Å². The molecule has 2 aromatic carbocycles. The van der Waals surface area contributed by atoms with Crippen LogP contribution in [-0.4, -0.2) is 21.6 Å². The molecule has 0 saturated heterocycles. The van der Waals surface area contributed by atoms with E-state index in [1.807, 2.05) is 35.0 Å². The molecule has 0 bridgehead atoms. The lowest BCUT2D eigenvalue weighted by Crippen LogP contribution is -2.04. The van der Waals surface area contributed by atoms with E-state index in [1.165, 1.54) is 12.1 Å². The summed E-state index contributed by atoms with van der Waals surface area (Å²) < 4.78 is 7.16. The highest BCUT2D eigenvalue weighted by molar-refractivity contribution is 5.62. The number of aromatic nitrogens is 2. The van der Waals surface area contributed by atoms with Gasteiger partial charge in [0.25, 0.3) is 5.69 Å². The number of para-hydroxylation sites is 1. The fourth-order valence-electron chi connectivity index (χ4n) is 2.47. The van der Waals surface area contributed by atoms with Gasteiger partial charge in [-0.2, -0.15) is 0 Å². The highest BCUT2D eigenvalue weighted by Gasteiger charge is 2.11. The summed E-state index contributed by atoms with van der Waals surface area (Å²) in [7, 11) is 1.62. The first-order valence-electron chi connectivity index (χ1n) is 7.28. The van der Waals surface area contributed by atoms with Gasteiger partial charge in [-0.3, -0.25) is 10.1 Å². The Bertz CT molecular complexity index is 872. The molecule has 122 valence electrons. The van der Waals surface area contributed by atoms with E-state index < -0.39 is 4.92 Å². The molecule has 0 fully saturated rings. The number of nitrogen functional groups attached to an aromatic ring is 1. The zero-order valence-corrected chi connectivity index (χ0v) is 13.0. The van der Waals surface area contributed by atoms with Gasteiger partial charge in [0.05, 0.1) is 24.3 Å². The number of non-ortho nitro benzene ring substituents is 1. The van der Waals surface area contributed by atoms with Crippen molar-refractivity contribution in [3.8, 4) is 17.0 Å². The Kier molecular flexibility index (Phi) is 4.15. The average molecular weight is 324 g/mol. The van der Waals surface area contributed by atoms with Crippen LogP contribution in [-0.2, 0) is 6.54 Å². The van der Waals surface area contributed by atoms with Crippen molar-refractivity contribution < 1.29 is 9.66 Å². The first-order chi connectivity index (χ1) is 11.6. The number of anilines is 1. The molecule has 7 nitrogen and oxygen atoms in total. The number of rotatable bonds is 5. The number of hydrogen-bond acceptors (Lipinski definition) is 5. The van der Waals surface area contributed by atoms with Gasteiger partial charge in [0, 0.05) is 29.5 Å². The molecular formula is C17H16N4O3. The second-order valence-electron chi connectivity index (χ2n) is 5.23. The van der Waals surface area contributed by atoms with Crippen molar-refractivity contribution in [3.63, 3.8) is 0 Å². The zero-order chi connectivity index (χ0) is 17.1. The SMILES string of the molecule is COc1ccccc1Cn1cc(-c2ccc([N+](=O)[O-])cc2)nc1N. The second kappa shape index (κ2) is 6.41. The number of nitrogens with zero attached hydrogens (tertiary/aromatic N) is 3. The summed E-state index contributed by atoms with van der Waals surface area (Å²) in [6.07, 6.45) is 1.82. The maximum Gasteiger partial charge on any atom is 0.269 e. The smallest absolute Gasteiger partial charge is 0.269 e. The van der Waals surface area contributed by atoms with Crippen LogP contribution in [0.3, 0.4) is 0 Å². The Balaban J connectivity index is 1.88. The van der Waals surface area contributed by atoms with Crippen LogP contribution in [0.15, 0.2) is 54.7 Å². The first-order valence-corrected chi connectivity index (χ1v) is 7.28. The highest BCUT2D eigenvalue weighted by Crippen LogP contribution is 2.25.